The lowest BCUT2D eigenvalue weighted by molar-refractivity contribution is -0.114. The molecule has 122 valence electrons. The van der Waals surface area contributed by atoms with Gasteiger partial charge in [-0.15, -0.1) is 0 Å². The number of carbonyl (C=O) groups excluding carboxylic acids is 1. The highest BCUT2D eigenvalue weighted by molar-refractivity contribution is 9.10. The summed E-state index contributed by atoms with van der Waals surface area (Å²) in [7, 11) is 3.24. The molecule has 0 heterocycles. The van der Waals surface area contributed by atoms with E-state index in [-0.39, 0.29) is 5.91 Å². The number of benzene rings is 2. The van der Waals surface area contributed by atoms with E-state index in [4.69, 9.17) is 9.47 Å². The van der Waals surface area contributed by atoms with Gasteiger partial charge in [0.05, 0.1) is 14.2 Å². The van der Waals surface area contributed by atoms with E-state index in [0.29, 0.717) is 18.0 Å². The molecule has 2 rings (SSSR count). The molecular weight excluding hydrogens is 360 g/mol. The third-order valence-corrected chi connectivity index (χ3v) is 3.67. The van der Waals surface area contributed by atoms with Gasteiger partial charge in [-0.1, -0.05) is 15.9 Å². The lowest BCUT2D eigenvalue weighted by Crippen LogP contribution is -2.06. The second kappa shape index (κ2) is 7.87. The summed E-state index contributed by atoms with van der Waals surface area (Å²) in [6, 6.07) is 11.4. The zero-order chi connectivity index (χ0) is 16.8. The second-order valence-corrected chi connectivity index (χ2v) is 5.83. The summed E-state index contributed by atoms with van der Waals surface area (Å²) in [4.78, 5) is 11.0. The van der Waals surface area contributed by atoms with Crippen LogP contribution in [0.3, 0.4) is 0 Å². The first-order valence-electron chi connectivity index (χ1n) is 7.05. The Morgan fingerprint density at radius 1 is 1.09 bits per heavy atom. The largest absolute Gasteiger partial charge is 0.493 e. The Labute approximate surface area is 144 Å². The fourth-order valence-corrected chi connectivity index (χ4v) is 2.69. The zero-order valence-electron chi connectivity index (χ0n) is 13.3. The topological polar surface area (TPSA) is 59.6 Å². The van der Waals surface area contributed by atoms with E-state index < -0.39 is 0 Å². The minimum absolute atomic E-state index is 0.0864. The molecule has 0 aliphatic rings. The van der Waals surface area contributed by atoms with Crippen molar-refractivity contribution in [2.75, 3.05) is 24.9 Å². The van der Waals surface area contributed by atoms with Gasteiger partial charge in [-0.25, -0.2) is 0 Å². The highest BCUT2D eigenvalue weighted by Crippen LogP contribution is 2.35. The molecule has 0 spiro atoms. The maximum Gasteiger partial charge on any atom is 0.221 e. The van der Waals surface area contributed by atoms with Crippen LogP contribution in [0.4, 0.5) is 11.4 Å². The molecule has 23 heavy (non-hydrogen) atoms. The van der Waals surface area contributed by atoms with Crippen LogP contribution in [0.25, 0.3) is 0 Å². The van der Waals surface area contributed by atoms with Crippen molar-refractivity contribution in [2.45, 2.75) is 13.5 Å². The molecule has 2 aromatic rings. The first-order valence-corrected chi connectivity index (χ1v) is 7.84. The average molecular weight is 379 g/mol. The number of amides is 1. The lowest BCUT2D eigenvalue weighted by atomic mass is 10.1. The Morgan fingerprint density at radius 3 is 2.30 bits per heavy atom. The van der Waals surface area contributed by atoms with Crippen LogP contribution >= 0.6 is 15.9 Å². The summed E-state index contributed by atoms with van der Waals surface area (Å²) in [5.41, 5.74) is 2.69. The van der Waals surface area contributed by atoms with Gasteiger partial charge in [-0.05, 0) is 36.4 Å². The van der Waals surface area contributed by atoms with Crippen LogP contribution in [0, 0.1) is 0 Å². The third kappa shape index (κ3) is 4.63. The molecule has 0 aromatic heterocycles. The Bertz CT molecular complexity index is 687. The molecule has 5 nitrogen and oxygen atoms in total. The Morgan fingerprint density at radius 2 is 1.74 bits per heavy atom. The first kappa shape index (κ1) is 17.1. The molecule has 0 aliphatic heterocycles. The number of rotatable bonds is 6. The van der Waals surface area contributed by atoms with Crippen molar-refractivity contribution in [3.8, 4) is 11.5 Å². The molecule has 0 unspecified atom stereocenters. The molecule has 0 bridgehead atoms. The average Bonchev–Trinajstić information content (AvgIpc) is 2.53. The zero-order valence-corrected chi connectivity index (χ0v) is 14.9. The number of anilines is 2. The van der Waals surface area contributed by atoms with E-state index in [9.17, 15) is 4.79 Å². The maximum absolute atomic E-state index is 11.0. The molecule has 1 amide bonds. The normalized spacial score (nSPS) is 10.1. The highest BCUT2D eigenvalue weighted by atomic mass is 79.9. The van der Waals surface area contributed by atoms with E-state index in [2.05, 4.69) is 26.6 Å². The summed E-state index contributed by atoms with van der Waals surface area (Å²) in [5, 5.41) is 6.06. The summed E-state index contributed by atoms with van der Waals surface area (Å²) in [6.45, 7) is 2.07. The van der Waals surface area contributed by atoms with Gasteiger partial charge in [-0.2, -0.15) is 0 Å². The van der Waals surface area contributed by atoms with Gasteiger partial charge in [0.15, 0.2) is 11.5 Å². The molecule has 0 saturated carbocycles. The number of carbonyl (C=O) groups is 1. The van der Waals surface area contributed by atoms with E-state index >= 15 is 0 Å². The molecule has 2 N–H and O–H groups in total. The van der Waals surface area contributed by atoms with E-state index in [1.165, 1.54) is 6.92 Å². The van der Waals surface area contributed by atoms with Crippen molar-refractivity contribution in [2.24, 2.45) is 0 Å². The van der Waals surface area contributed by atoms with Crippen molar-refractivity contribution in [1.82, 2.24) is 0 Å². The summed E-state index contributed by atoms with van der Waals surface area (Å²) in [6.07, 6.45) is 0. The van der Waals surface area contributed by atoms with Crippen molar-refractivity contribution >= 4 is 33.2 Å². The monoisotopic (exact) mass is 378 g/mol. The van der Waals surface area contributed by atoms with Crippen molar-refractivity contribution < 1.29 is 14.3 Å². The molecule has 0 atom stereocenters. The maximum atomic E-state index is 11.0. The Hall–Kier alpha value is -2.21. The van der Waals surface area contributed by atoms with Crippen molar-refractivity contribution in [3.05, 3.63) is 46.4 Å². The molecule has 0 saturated heterocycles. The molecule has 0 fully saturated rings. The third-order valence-electron chi connectivity index (χ3n) is 3.21. The quantitative estimate of drug-likeness (QED) is 0.796. The molecule has 0 aliphatic carbocycles. The van der Waals surface area contributed by atoms with Gasteiger partial charge in [0.25, 0.3) is 0 Å². The predicted octanol–water partition coefficient (Wildman–Crippen LogP) is 4.04. The highest BCUT2D eigenvalue weighted by Gasteiger charge is 2.11. The Balaban J connectivity index is 2.11. The first-order chi connectivity index (χ1) is 11.0. The van der Waals surface area contributed by atoms with E-state index in [1.54, 1.807) is 14.2 Å². The van der Waals surface area contributed by atoms with Crippen molar-refractivity contribution in [3.63, 3.8) is 0 Å². The summed E-state index contributed by atoms with van der Waals surface area (Å²) in [5.74, 6) is 1.30. The van der Waals surface area contributed by atoms with Crippen LogP contribution in [0.5, 0.6) is 11.5 Å². The SMILES string of the molecule is COc1cc(Br)cc(CNc2ccc(NC(C)=O)cc2)c1OC. The second-order valence-electron chi connectivity index (χ2n) is 4.91. The van der Waals surface area contributed by atoms with Crippen molar-refractivity contribution in [1.29, 1.82) is 0 Å². The van der Waals surface area contributed by atoms with Gasteiger partial charge >= 0.3 is 0 Å². The smallest absolute Gasteiger partial charge is 0.221 e. The fraction of sp³-hybridized carbons (Fsp3) is 0.235. The van der Waals surface area contributed by atoms with Gasteiger partial charge in [0.1, 0.15) is 0 Å². The number of methoxy groups -OCH3 is 2. The number of hydrogen-bond donors (Lipinski definition) is 2. The standard InChI is InChI=1S/C17H19BrN2O3/c1-11(21)20-15-6-4-14(5-7-15)19-10-12-8-13(18)9-16(22-2)17(12)23-3/h4-9,19H,10H2,1-3H3,(H,20,21). The number of ether oxygens (including phenoxy) is 2. The van der Waals surface area contributed by atoms with E-state index in [1.807, 2.05) is 36.4 Å². The lowest BCUT2D eigenvalue weighted by Gasteiger charge is -2.15. The van der Waals surface area contributed by atoms with Crippen LogP contribution in [0.1, 0.15) is 12.5 Å². The summed E-state index contributed by atoms with van der Waals surface area (Å²) >= 11 is 3.47. The van der Waals surface area contributed by atoms with Crippen LogP contribution < -0.4 is 20.1 Å². The van der Waals surface area contributed by atoms with E-state index in [0.717, 1.165) is 21.4 Å². The summed E-state index contributed by atoms with van der Waals surface area (Å²) < 4.78 is 11.7. The van der Waals surface area contributed by atoms with Gasteiger partial charge in [-0.3, -0.25) is 4.79 Å². The minimum Gasteiger partial charge on any atom is -0.493 e. The minimum atomic E-state index is -0.0864. The molecule has 6 heteroatoms. The van der Waals surface area contributed by atoms with Crippen LogP contribution in [0.2, 0.25) is 0 Å². The fourth-order valence-electron chi connectivity index (χ4n) is 2.21. The number of hydrogen-bond acceptors (Lipinski definition) is 4. The van der Waals surface area contributed by atoms with Crippen LogP contribution in [0.15, 0.2) is 40.9 Å². The molecule has 0 radical (unpaired) electrons. The number of nitrogens with one attached hydrogen (secondary N) is 2. The van der Waals surface area contributed by atoms with Gasteiger partial charge in [0.2, 0.25) is 5.91 Å². The number of halogens is 1. The van der Waals surface area contributed by atoms with Gasteiger partial charge < -0.3 is 20.1 Å². The predicted molar refractivity (Wildman–Crippen MR) is 95.3 cm³/mol. The molecular formula is C17H19BrN2O3. The van der Waals surface area contributed by atoms with Gasteiger partial charge in [0, 0.05) is 34.9 Å². The van der Waals surface area contributed by atoms with Crippen LogP contribution in [-0.4, -0.2) is 20.1 Å². The van der Waals surface area contributed by atoms with Crippen LogP contribution in [-0.2, 0) is 11.3 Å². The Kier molecular flexibility index (Phi) is 5.87. The molecule has 2 aromatic carbocycles.